The minimum atomic E-state index is 0.668. The summed E-state index contributed by atoms with van der Waals surface area (Å²) in [6.07, 6.45) is 4.71. The Bertz CT molecular complexity index is 799. The van der Waals surface area contributed by atoms with Crippen molar-refractivity contribution in [3.05, 3.63) is 52.7 Å². The Morgan fingerprint density at radius 2 is 1.87 bits per heavy atom. The van der Waals surface area contributed by atoms with Crippen molar-refractivity contribution in [3.8, 4) is 0 Å². The van der Waals surface area contributed by atoms with Crippen molar-refractivity contribution in [2.75, 3.05) is 26.2 Å². The molecule has 0 bridgehead atoms. The normalized spacial score (nSPS) is 15.9. The number of aromatic nitrogens is 1. The smallest absolute Gasteiger partial charge is 0.208 e. The van der Waals surface area contributed by atoms with Gasteiger partial charge in [0.05, 0.1) is 18.8 Å². The Hall–Kier alpha value is -2.34. The maximum Gasteiger partial charge on any atom is 0.208 e. The number of unbranched alkanes of at least 4 members (excludes halogenated alkanes) is 1. The number of aryl methyl sites for hydroxylation is 3. The average molecular weight is 426 g/mol. The number of rotatable bonds is 9. The summed E-state index contributed by atoms with van der Waals surface area (Å²) in [7, 11) is 0. The lowest BCUT2D eigenvalue weighted by Gasteiger charge is -2.31. The number of benzene rings is 1. The van der Waals surface area contributed by atoms with Gasteiger partial charge in [-0.3, -0.25) is 4.90 Å². The maximum atomic E-state index is 5.75. The second-order valence-corrected chi connectivity index (χ2v) is 8.78. The predicted octanol–water partition coefficient (Wildman–Crippen LogP) is 4.35. The van der Waals surface area contributed by atoms with Gasteiger partial charge in [-0.05, 0) is 64.6 Å². The van der Waals surface area contributed by atoms with Gasteiger partial charge in [0, 0.05) is 13.1 Å². The van der Waals surface area contributed by atoms with Gasteiger partial charge in [-0.2, -0.15) is 0 Å². The summed E-state index contributed by atoms with van der Waals surface area (Å²) in [6.45, 7) is 13.9. The van der Waals surface area contributed by atoms with E-state index in [1.54, 1.807) is 0 Å². The molecule has 0 unspecified atom stereocenters. The molecule has 170 valence electrons. The summed E-state index contributed by atoms with van der Waals surface area (Å²) in [5, 5.41) is 7.09. The number of aliphatic imine (C=N–C) groups is 1. The molecule has 1 aliphatic rings. The molecular formula is C25H39N5O. The van der Waals surface area contributed by atoms with E-state index in [2.05, 4.69) is 58.6 Å². The Morgan fingerprint density at radius 1 is 1.13 bits per heavy atom. The van der Waals surface area contributed by atoms with Gasteiger partial charge in [0.25, 0.3) is 0 Å². The van der Waals surface area contributed by atoms with E-state index in [0.717, 1.165) is 62.4 Å². The Labute approximate surface area is 187 Å². The lowest BCUT2D eigenvalue weighted by Crippen LogP contribution is -2.43. The Morgan fingerprint density at radius 3 is 2.52 bits per heavy atom. The fourth-order valence-electron chi connectivity index (χ4n) is 3.81. The highest BCUT2D eigenvalue weighted by atomic mass is 16.4. The molecule has 6 nitrogen and oxygen atoms in total. The van der Waals surface area contributed by atoms with Gasteiger partial charge in [0.2, 0.25) is 5.89 Å². The molecule has 31 heavy (non-hydrogen) atoms. The fourth-order valence-corrected chi connectivity index (χ4v) is 3.81. The average Bonchev–Trinajstić information content (AvgIpc) is 3.08. The van der Waals surface area contributed by atoms with Gasteiger partial charge in [-0.25, -0.2) is 9.98 Å². The van der Waals surface area contributed by atoms with E-state index >= 15 is 0 Å². The zero-order valence-corrected chi connectivity index (χ0v) is 19.7. The van der Waals surface area contributed by atoms with Crippen LogP contribution in [0.1, 0.15) is 61.1 Å². The van der Waals surface area contributed by atoms with Gasteiger partial charge < -0.3 is 15.1 Å². The second-order valence-electron chi connectivity index (χ2n) is 8.78. The van der Waals surface area contributed by atoms with E-state index in [4.69, 9.17) is 9.41 Å². The molecule has 0 aliphatic carbocycles. The molecule has 6 heteroatoms. The molecule has 1 fully saturated rings. The zero-order valence-electron chi connectivity index (χ0n) is 19.7. The highest BCUT2D eigenvalue weighted by molar-refractivity contribution is 5.79. The number of likely N-dealkylation sites (tertiary alicyclic amines) is 1. The number of piperidine rings is 1. The van der Waals surface area contributed by atoms with Gasteiger partial charge in [-0.1, -0.05) is 43.2 Å². The highest BCUT2D eigenvalue weighted by Crippen LogP contribution is 2.19. The molecule has 1 aromatic heterocycles. The van der Waals surface area contributed by atoms with Crippen molar-refractivity contribution >= 4 is 5.96 Å². The molecule has 1 aromatic carbocycles. The first-order chi connectivity index (χ1) is 15.0. The minimum Gasteiger partial charge on any atom is -0.444 e. The molecule has 3 rings (SSSR count). The summed E-state index contributed by atoms with van der Waals surface area (Å²) in [4.78, 5) is 11.8. The third-order valence-electron chi connectivity index (χ3n) is 6.06. The molecule has 1 aliphatic heterocycles. The second kappa shape index (κ2) is 11.9. The molecule has 0 radical (unpaired) electrons. The SMILES string of the molecule is CCCCNC(=NCc1ccc(C)cc1)NCC1CCN(Cc2nc(C)c(C)o2)CC1. The summed E-state index contributed by atoms with van der Waals surface area (Å²) in [5.74, 6) is 3.38. The van der Waals surface area contributed by atoms with Gasteiger partial charge >= 0.3 is 0 Å². The Balaban J connectivity index is 1.45. The van der Waals surface area contributed by atoms with Crippen LogP contribution in [0, 0.1) is 26.7 Å². The van der Waals surface area contributed by atoms with Crippen LogP contribution in [0.5, 0.6) is 0 Å². The first-order valence-corrected chi connectivity index (χ1v) is 11.8. The number of hydrogen-bond donors (Lipinski definition) is 2. The number of nitrogens with one attached hydrogen (secondary N) is 2. The minimum absolute atomic E-state index is 0.668. The summed E-state index contributed by atoms with van der Waals surface area (Å²) in [6, 6.07) is 8.62. The van der Waals surface area contributed by atoms with Crippen LogP contribution in [0.3, 0.4) is 0 Å². The van der Waals surface area contributed by atoms with E-state index in [1.807, 2.05) is 13.8 Å². The van der Waals surface area contributed by atoms with Crippen LogP contribution in [0.15, 0.2) is 33.7 Å². The van der Waals surface area contributed by atoms with Crippen molar-refractivity contribution in [1.82, 2.24) is 20.5 Å². The van der Waals surface area contributed by atoms with Crippen molar-refractivity contribution in [2.24, 2.45) is 10.9 Å². The highest BCUT2D eigenvalue weighted by Gasteiger charge is 2.21. The first kappa shape index (κ1) is 23.3. The maximum absolute atomic E-state index is 5.75. The van der Waals surface area contributed by atoms with E-state index in [1.165, 1.54) is 30.4 Å². The third kappa shape index (κ3) is 7.69. The molecule has 0 spiro atoms. The molecule has 0 amide bonds. The van der Waals surface area contributed by atoms with E-state index in [-0.39, 0.29) is 0 Å². The predicted molar refractivity (Wildman–Crippen MR) is 127 cm³/mol. The van der Waals surface area contributed by atoms with Gasteiger partial charge in [0.15, 0.2) is 5.96 Å². The van der Waals surface area contributed by atoms with Crippen LogP contribution in [0.4, 0.5) is 0 Å². The van der Waals surface area contributed by atoms with Crippen LogP contribution in [0.25, 0.3) is 0 Å². The van der Waals surface area contributed by atoms with Crippen LogP contribution in [-0.4, -0.2) is 42.0 Å². The van der Waals surface area contributed by atoms with Crippen molar-refractivity contribution in [2.45, 2.75) is 66.5 Å². The van der Waals surface area contributed by atoms with Crippen molar-refractivity contribution in [1.29, 1.82) is 0 Å². The van der Waals surface area contributed by atoms with Crippen LogP contribution in [0.2, 0.25) is 0 Å². The standard InChI is InChI=1S/C25H39N5O/c1-5-6-13-26-25(27-16-22-9-7-19(2)8-10-22)28-17-23-11-14-30(15-12-23)18-24-29-20(3)21(4)31-24/h7-10,23H,5-6,11-18H2,1-4H3,(H2,26,27,28). The third-order valence-corrected chi connectivity index (χ3v) is 6.06. The molecule has 0 atom stereocenters. The van der Waals surface area contributed by atoms with E-state index in [9.17, 15) is 0 Å². The van der Waals surface area contributed by atoms with Crippen LogP contribution in [-0.2, 0) is 13.1 Å². The van der Waals surface area contributed by atoms with Crippen molar-refractivity contribution < 1.29 is 4.42 Å². The monoisotopic (exact) mass is 425 g/mol. The number of nitrogens with zero attached hydrogens (tertiary/aromatic N) is 3. The molecular weight excluding hydrogens is 386 g/mol. The molecule has 2 heterocycles. The number of guanidine groups is 1. The molecule has 2 aromatic rings. The number of hydrogen-bond acceptors (Lipinski definition) is 4. The van der Waals surface area contributed by atoms with Crippen molar-refractivity contribution in [3.63, 3.8) is 0 Å². The van der Waals surface area contributed by atoms with Crippen LogP contribution < -0.4 is 10.6 Å². The Kier molecular flexibility index (Phi) is 8.95. The van der Waals surface area contributed by atoms with E-state index < -0.39 is 0 Å². The lowest BCUT2D eigenvalue weighted by atomic mass is 9.97. The van der Waals surface area contributed by atoms with Gasteiger partial charge in [0.1, 0.15) is 5.76 Å². The molecule has 1 saturated heterocycles. The summed E-state index contributed by atoms with van der Waals surface area (Å²) < 4.78 is 5.75. The first-order valence-electron chi connectivity index (χ1n) is 11.8. The summed E-state index contributed by atoms with van der Waals surface area (Å²) in [5.41, 5.74) is 3.53. The van der Waals surface area contributed by atoms with E-state index in [0.29, 0.717) is 12.5 Å². The van der Waals surface area contributed by atoms with Crippen LogP contribution >= 0.6 is 0 Å². The summed E-state index contributed by atoms with van der Waals surface area (Å²) >= 11 is 0. The lowest BCUT2D eigenvalue weighted by molar-refractivity contribution is 0.164. The quantitative estimate of drug-likeness (QED) is 0.355. The fraction of sp³-hybridized carbons (Fsp3) is 0.600. The topological polar surface area (TPSA) is 65.7 Å². The largest absolute Gasteiger partial charge is 0.444 e. The number of oxazole rings is 1. The zero-order chi connectivity index (χ0) is 22.1. The molecule has 2 N–H and O–H groups in total. The molecule has 0 saturated carbocycles. The van der Waals surface area contributed by atoms with Gasteiger partial charge in [-0.15, -0.1) is 0 Å².